The van der Waals surface area contributed by atoms with Crippen molar-refractivity contribution in [1.82, 2.24) is 19.6 Å². The van der Waals surface area contributed by atoms with E-state index in [1.165, 1.54) is 42.1 Å². The standard InChI is InChI=1S/C47H52F3N7O7S/c1-30-22-34(47(48,49)50)4-7-38(30)40-26-46(2,3)14-10-33(40)29-55-16-18-56(19-17-55)35-5-8-39(43(24-35)64-36-23-32-11-15-51-44(32)53-28-36)45(58)54-65(61,62)37-6-9-41(42(25-37)57(59)60)52-27-31-12-20-63-21-13-31/h4-9,11,15,22-25,28,31,52H,10,12-14,16-21,26-27,29H2,1-3H3,(H,51,53)(H,54,58). The fourth-order valence-electron chi connectivity index (χ4n) is 8.91. The van der Waals surface area contributed by atoms with Gasteiger partial charge in [-0.25, -0.2) is 18.1 Å². The highest BCUT2D eigenvalue weighted by Gasteiger charge is 2.34. The van der Waals surface area contributed by atoms with E-state index >= 15 is 0 Å². The van der Waals surface area contributed by atoms with Gasteiger partial charge >= 0.3 is 6.18 Å². The highest BCUT2D eigenvalue weighted by atomic mass is 32.2. The molecule has 3 N–H and O–H groups in total. The van der Waals surface area contributed by atoms with Crippen LogP contribution in [0, 0.1) is 28.4 Å². The van der Waals surface area contributed by atoms with Crippen LogP contribution in [0.5, 0.6) is 11.5 Å². The number of benzene rings is 3. The molecule has 0 saturated carbocycles. The monoisotopic (exact) mass is 915 g/mol. The number of amides is 1. The van der Waals surface area contributed by atoms with Crippen molar-refractivity contribution in [2.75, 3.05) is 62.7 Å². The lowest BCUT2D eigenvalue weighted by Crippen LogP contribution is -2.47. The number of pyridine rings is 1. The van der Waals surface area contributed by atoms with Crippen LogP contribution >= 0.6 is 0 Å². The molecule has 2 aromatic heterocycles. The molecule has 0 radical (unpaired) electrons. The van der Waals surface area contributed by atoms with Crippen molar-refractivity contribution in [3.8, 4) is 11.5 Å². The number of hydrogen-bond donors (Lipinski definition) is 3. The summed E-state index contributed by atoms with van der Waals surface area (Å²) in [5.41, 5.74) is 4.18. The maximum Gasteiger partial charge on any atom is 0.416 e. The number of anilines is 2. The molecule has 0 spiro atoms. The summed E-state index contributed by atoms with van der Waals surface area (Å²) in [6, 6.07) is 16.0. The summed E-state index contributed by atoms with van der Waals surface area (Å²) >= 11 is 0. The molecule has 1 aliphatic carbocycles. The van der Waals surface area contributed by atoms with Crippen LogP contribution in [0.1, 0.15) is 73.0 Å². The number of alkyl halides is 3. The van der Waals surface area contributed by atoms with E-state index in [1.807, 2.05) is 6.07 Å². The Morgan fingerprint density at radius 1 is 1.03 bits per heavy atom. The second kappa shape index (κ2) is 18.5. The molecule has 65 heavy (non-hydrogen) atoms. The summed E-state index contributed by atoms with van der Waals surface area (Å²) in [6.45, 7) is 11.1. The number of nitrogens with one attached hydrogen (secondary N) is 3. The molecule has 2 aliphatic heterocycles. The Balaban J connectivity index is 1.01. The van der Waals surface area contributed by atoms with Gasteiger partial charge in [0.15, 0.2) is 0 Å². The highest BCUT2D eigenvalue weighted by molar-refractivity contribution is 7.90. The SMILES string of the molecule is Cc1cc(C(F)(F)F)ccc1C1=C(CN2CCN(c3ccc(C(=O)NS(=O)(=O)c4ccc(NCC5CCOCC5)c([N+](=O)[O-])c4)c(Oc4cnc5[nH]ccc5c4)c3)CC2)CCC(C)(C)C1. The van der Waals surface area contributed by atoms with E-state index in [1.54, 1.807) is 37.4 Å². The van der Waals surface area contributed by atoms with Crippen LogP contribution in [-0.2, 0) is 20.9 Å². The Hall–Kier alpha value is -5.98. The molecule has 0 atom stereocenters. The fourth-order valence-corrected chi connectivity index (χ4v) is 9.89. The van der Waals surface area contributed by atoms with Gasteiger partial charge in [0.25, 0.3) is 21.6 Å². The minimum atomic E-state index is -4.60. The number of rotatable bonds is 13. The van der Waals surface area contributed by atoms with Crippen molar-refractivity contribution in [3.05, 3.63) is 117 Å². The summed E-state index contributed by atoms with van der Waals surface area (Å²) < 4.78 is 81.8. The molecule has 3 aromatic carbocycles. The number of carbonyl (C=O) groups is 1. The Bertz CT molecular complexity index is 2740. The average Bonchev–Trinajstić information content (AvgIpc) is 3.74. The number of halogens is 3. The minimum absolute atomic E-state index is 0.0116. The van der Waals surface area contributed by atoms with Gasteiger partial charge in [0, 0.05) is 81.9 Å². The van der Waals surface area contributed by atoms with Crippen molar-refractivity contribution in [2.45, 2.75) is 63.9 Å². The number of carbonyl (C=O) groups excluding carboxylic acids is 1. The molecule has 4 heterocycles. The van der Waals surface area contributed by atoms with E-state index in [4.69, 9.17) is 9.47 Å². The van der Waals surface area contributed by atoms with Crippen LogP contribution in [0.2, 0.25) is 0 Å². The summed E-state index contributed by atoms with van der Waals surface area (Å²) in [5.74, 6) is -0.377. The molecule has 2 saturated heterocycles. The second-order valence-corrected chi connectivity index (χ2v) is 19.6. The smallest absolute Gasteiger partial charge is 0.416 e. The Labute approximate surface area is 375 Å². The van der Waals surface area contributed by atoms with Gasteiger partial charge in [0.2, 0.25) is 0 Å². The first-order chi connectivity index (χ1) is 30.9. The number of piperazine rings is 1. The van der Waals surface area contributed by atoms with Gasteiger partial charge in [-0.05, 0) is 116 Å². The molecule has 2 fully saturated rings. The van der Waals surface area contributed by atoms with E-state index in [0.29, 0.717) is 69.4 Å². The number of ether oxygens (including phenoxy) is 2. The molecule has 14 nitrogen and oxygen atoms in total. The van der Waals surface area contributed by atoms with Gasteiger partial charge in [-0.15, -0.1) is 0 Å². The minimum Gasteiger partial charge on any atom is -0.455 e. The zero-order chi connectivity index (χ0) is 46.1. The van der Waals surface area contributed by atoms with Gasteiger partial charge in [0.1, 0.15) is 22.8 Å². The number of allylic oxidation sites excluding steroid dienone is 1. The molecule has 0 bridgehead atoms. The quantitative estimate of drug-likeness (QED) is 0.0759. The fraction of sp³-hybridized carbons (Fsp3) is 0.404. The third-order valence-corrected chi connectivity index (χ3v) is 14.0. The lowest BCUT2D eigenvalue weighted by atomic mass is 9.72. The molecule has 18 heteroatoms. The molecule has 5 aromatic rings. The van der Waals surface area contributed by atoms with Crippen molar-refractivity contribution in [2.24, 2.45) is 11.3 Å². The van der Waals surface area contributed by atoms with Gasteiger partial charge in [-0.2, -0.15) is 13.2 Å². The van der Waals surface area contributed by atoms with Crippen LogP contribution in [0.25, 0.3) is 16.6 Å². The number of nitro groups is 1. The highest BCUT2D eigenvalue weighted by Crippen LogP contribution is 2.45. The van der Waals surface area contributed by atoms with E-state index < -0.39 is 43.2 Å². The van der Waals surface area contributed by atoms with E-state index in [-0.39, 0.29) is 28.3 Å². The summed E-state index contributed by atoms with van der Waals surface area (Å²) in [5, 5.41) is 15.9. The third-order valence-electron chi connectivity index (χ3n) is 12.7. The van der Waals surface area contributed by atoms with Crippen molar-refractivity contribution >= 4 is 49.6 Å². The molecular weight excluding hydrogens is 864 g/mol. The first-order valence-corrected chi connectivity index (χ1v) is 23.2. The van der Waals surface area contributed by atoms with E-state index in [9.17, 15) is 36.5 Å². The molecule has 8 rings (SSSR count). The van der Waals surface area contributed by atoms with Crippen LogP contribution in [-0.4, -0.2) is 86.6 Å². The maximum absolute atomic E-state index is 13.9. The number of nitro benzene ring substituents is 1. The van der Waals surface area contributed by atoms with Crippen molar-refractivity contribution in [1.29, 1.82) is 0 Å². The van der Waals surface area contributed by atoms with Crippen molar-refractivity contribution < 1.29 is 40.8 Å². The Morgan fingerprint density at radius 3 is 2.52 bits per heavy atom. The number of aromatic nitrogens is 2. The first-order valence-electron chi connectivity index (χ1n) is 21.7. The number of fused-ring (bicyclic) bond motifs is 1. The van der Waals surface area contributed by atoms with Crippen molar-refractivity contribution in [3.63, 3.8) is 0 Å². The normalized spacial score (nSPS) is 17.6. The van der Waals surface area contributed by atoms with E-state index in [2.05, 4.69) is 43.7 Å². The molecular formula is C47H52F3N7O7S. The molecule has 344 valence electrons. The first kappa shape index (κ1) is 45.6. The van der Waals surface area contributed by atoms with Gasteiger partial charge in [-0.3, -0.25) is 19.8 Å². The maximum atomic E-state index is 13.9. The largest absolute Gasteiger partial charge is 0.455 e. The third kappa shape index (κ3) is 10.6. The summed E-state index contributed by atoms with van der Waals surface area (Å²) in [6.07, 6.45) is 3.00. The second-order valence-electron chi connectivity index (χ2n) is 17.9. The van der Waals surface area contributed by atoms with Crippen LogP contribution in [0.15, 0.2) is 89.6 Å². The summed E-state index contributed by atoms with van der Waals surface area (Å²) in [7, 11) is -4.60. The van der Waals surface area contributed by atoms with E-state index in [0.717, 1.165) is 60.4 Å². The predicted octanol–water partition coefficient (Wildman–Crippen LogP) is 9.33. The molecule has 0 unspecified atom stereocenters. The lowest BCUT2D eigenvalue weighted by Gasteiger charge is -2.39. The Kier molecular flexibility index (Phi) is 13.0. The number of hydrogen-bond acceptors (Lipinski definition) is 11. The van der Waals surface area contributed by atoms with Crippen LogP contribution in [0.3, 0.4) is 0 Å². The lowest BCUT2D eigenvalue weighted by molar-refractivity contribution is -0.384. The average molecular weight is 916 g/mol. The van der Waals surface area contributed by atoms with Gasteiger partial charge in [-0.1, -0.05) is 25.5 Å². The van der Waals surface area contributed by atoms with Gasteiger partial charge in [0.05, 0.1) is 27.1 Å². The number of aromatic amines is 1. The topological polar surface area (TPSA) is 172 Å². The summed E-state index contributed by atoms with van der Waals surface area (Å²) in [4.78, 5) is 36.8. The Morgan fingerprint density at radius 2 is 1.80 bits per heavy atom. The predicted molar refractivity (Wildman–Crippen MR) is 242 cm³/mol. The number of aryl methyl sites for hydroxylation is 1. The van der Waals surface area contributed by atoms with Crippen LogP contribution < -0.4 is 19.7 Å². The number of H-pyrrole nitrogens is 1. The van der Waals surface area contributed by atoms with Crippen LogP contribution in [0.4, 0.5) is 30.2 Å². The number of nitrogens with zero attached hydrogens (tertiary/aromatic N) is 4. The zero-order valence-corrected chi connectivity index (χ0v) is 37.3. The zero-order valence-electron chi connectivity index (χ0n) is 36.5. The molecule has 1 amide bonds. The molecule has 3 aliphatic rings. The van der Waals surface area contributed by atoms with Gasteiger partial charge < -0.3 is 24.7 Å². The number of sulfonamides is 1.